The highest BCUT2D eigenvalue weighted by atomic mass is 35.5. The number of hydrogen-bond acceptors (Lipinski definition) is 10. The Kier molecular flexibility index (Phi) is 10.2. The van der Waals surface area contributed by atoms with Gasteiger partial charge in [-0.3, -0.25) is 9.59 Å². The maximum atomic E-state index is 13.6. The van der Waals surface area contributed by atoms with Gasteiger partial charge in [0, 0.05) is 62.5 Å². The Bertz CT molecular complexity index is 2270. The number of benzene rings is 4. The summed E-state index contributed by atoms with van der Waals surface area (Å²) in [6.07, 6.45) is -0.135. The zero-order chi connectivity index (χ0) is 38.6. The molecule has 2 amide bonds. The molecule has 280 valence electrons. The van der Waals surface area contributed by atoms with Gasteiger partial charge in [-0.05, 0) is 41.8 Å². The summed E-state index contributed by atoms with van der Waals surface area (Å²) in [6, 6.07) is 9.07. The molecule has 2 aliphatic rings. The van der Waals surface area contributed by atoms with Crippen LogP contribution in [0.5, 0.6) is 23.0 Å². The van der Waals surface area contributed by atoms with E-state index in [9.17, 15) is 55.6 Å². The Hall–Kier alpha value is -4.72. The molecule has 0 bridgehead atoms. The van der Waals surface area contributed by atoms with E-state index in [1.165, 1.54) is 34.1 Å². The molecule has 0 saturated carbocycles. The SMILES string of the molecule is O=C1c2c(O)c(O)cc(S(=O)(=O)NCCCNS(=O)(=O)c3cc(O)c(O)c4c3CN(Cc3ccc(F)c(Cl)c3)C4=O)c2CN1Cc1ccc(F)c(Cl)c1. The van der Waals surface area contributed by atoms with E-state index in [0.29, 0.717) is 11.1 Å². The number of nitrogens with zero attached hydrogens (tertiary/aromatic N) is 2. The van der Waals surface area contributed by atoms with Crippen LogP contribution in [-0.4, -0.2) is 72.0 Å². The summed E-state index contributed by atoms with van der Waals surface area (Å²) in [4.78, 5) is 27.7. The topological polar surface area (TPSA) is 214 Å². The number of carbonyl (C=O) groups excluding carboxylic acids is 2. The predicted octanol–water partition coefficient (Wildman–Crippen LogP) is 4.05. The minimum absolute atomic E-state index is 0.112. The minimum Gasteiger partial charge on any atom is -0.504 e. The minimum atomic E-state index is -4.47. The third kappa shape index (κ3) is 7.29. The fraction of sp³-hybridized carbons (Fsp3) is 0.212. The summed E-state index contributed by atoms with van der Waals surface area (Å²) in [6.45, 7) is -1.55. The van der Waals surface area contributed by atoms with E-state index in [0.717, 1.165) is 24.3 Å². The van der Waals surface area contributed by atoms with Crippen molar-refractivity contribution >= 4 is 55.1 Å². The summed E-state index contributed by atoms with van der Waals surface area (Å²) in [5, 5.41) is 41.1. The summed E-state index contributed by atoms with van der Waals surface area (Å²) in [5.41, 5.74) is -0.266. The first-order chi connectivity index (χ1) is 24.9. The third-order valence-corrected chi connectivity index (χ3v) is 12.3. The van der Waals surface area contributed by atoms with Gasteiger partial charge in [-0.2, -0.15) is 0 Å². The van der Waals surface area contributed by atoms with Gasteiger partial charge in [0.1, 0.15) is 11.6 Å². The average Bonchev–Trinajstić information content (AvgIpc) is 3.59. The fourth-order valence-corrected chi connectivity index (χ4v) is 9.13. The Morgan fingerprint density at radius 3 is 1.38 bits per heavy atom. The van der Waals surface area contributed by atoms with Crippen LogP contribution >= 0.6 is 23.2 Å². The number of hydrogen-bond donors (Lipinski definition) is 6. The van der Waals surface area contributed by atoms with E-state index in [1.54, 1.807) is 0 Å². The van der Waals surface area contributed by atoms with Crippen LogP contribution in [0.1, 0.15) is 49.4 Å². The van der Waals surface area contributed by atoms with Crippen LogP contribution in [0.4, 0.5) is 8.78 Å². The predicted molar refractivity (Wildman–Crippen MR) is 185 cm³/mol. The first kappa shape index (κ1) is 38.0. The molecule has 4 aromatic rings. The van der Waals surface area contributed by atoms with Crippen LogP contribution in [0.2, 0.25) is 10.0 Å². The van der Waals surface area contributed by atoms with E-state index < -0.39 is 87.4 Å². The molecule has 53 heavy (non-hydrogen) atoms. The lowest BCUT2D eigenvalue weighted by molar-refractivity contribution is 0.0756. The quantitative estimate of drug-likeness (QED) is 0.0892. The summed E-state index contributed by atoms with van der Waals surface area (Å²) < 4.78 is 85.3. The number of halogens is 4. The average molecular weight is 814 g/mol. The smallest absolute Gasteiger partial charge is 0.258 e. The normalized spacial score (nSPS) is 14.3. The van der Waals surface area contributed by atoms with Gasteiger partial charge in [0.2, 0.25) is 20.0 Å². The van der Waals surface area contributed by atoms with E-state index in [-0.39, 0.29) is 66.9 Å². The van der Waals surface area contributed by atoms with Gasteiger partial charge >= 0.3 is 0 Å². The molecule has 2 aliphatic heterocycles. The van der Waals surface area contributed by atoms with Crippen LogP contribution in [0.25, 0.3) is 0 Å². The standard InChI is InChI=1S/C33H28Cl2F2N4O10S2/c34-20-8-16(2-4-22(20)36)12-40-14-18-26(10-24(42)30(44)28(18)32(40)46)52(48,49)38-6-1-7-39-53(50,51)27-11-25(43)31(45)29-19(27)15-41(33(29)47)13-17-3-5-23(37)21(35)9-17/h2-5,8-11,38-39,42-45H,1,6-7,12-15H2. The molecule has 0 fully saturated rings. The fourth-order valence-electron chi connectivity index (χ4n) is 6.07. The summed E-state index contributed by atoms with van der Waals surface area (Å²) in [5.74, 6) is -6.35. The van der Waals surface area contributed by atoms with E-state index >= 15 is 0 Å². The summed E-state index contributed by atoms with van der Waals surface area (Å²) >= 11 is 11.7. The number of amides is 2. The van der Waals surface area contributed by atoms with Crippen LogP contribution in [0.15, 0.2) is 58.3 Å². The number of phenols is 4. The van der Waals surface area contributed by atoms with Crippen molar-refractivity contribution in [3.8, 4) is 23.0 Å². The number of sulfonamides is 2. The lowest BCUT2D eigenvalue weighted by atomic mass is 10.1. The van der Waals surface area contributed by atoms with Gasteiger partial charge in [0.15, 0.2) is 23.0 Å². The molecule has 0 aliphatic carbocycles. The Labute approximate surface area is 310 Å². The van der Waals surface area contributed by atoms with E-state index in [1.807, 2.05) is 0 Å². The number of fused-ring (bicyclic) bond motifs is 2. The third-order valence-electron chi connectivity index (χ3n) is 8.62. The van der Waals surface area contributed by atoms with Crippen LogP contribution in [-0.2, 0) is 46.2 Å². The maximum absolute atomic E-state index is 13.6. The Morgan fingerprint density at radius 1 is 0.642 bits per heavy atom. The largest absolute Gasteiger partial charge is 0.504 e. The molecule has 0 aromatic heterocycles. The van der Waals surface area contributed by atoms with Crippen molar-refractivity contribution in [2.24, 2.45) is 0 Å². The second-order valence-electron chi connectivity index (χ2n) is 12.2. The molecular formula is C33H28Cl2F2N4O10S2. The monoisotopic (exact) mass is 812 g/mol. The van der Waals surface area contributed by atoms with Gasteiger partial charge in [-0.1, -0.05) is 35.3 Å². The molecule has 4 aromatic carbocycles. The van der Waals surface area contributed by atoms with E-state index in [2.05, 4.69) is 9.44 Å². The van der Waals surface area contributed by atoms with Gasteiger partial charge in [0.25, 0.3) is 11.8 Å². The molecular weight excluding hydrogens is 785 g/mol. The highest BCUT2D eigenvalue weighted by Crippen LogP contribution is 2.43. The molecule has 0 radical (unpaired) electrons. The van der Waals surface area contributed by atoms with Crippen molar-refractivity contribution in [2.75, 3.05) is 13.1 Å². The number of carbonyl (C=O) groups is 2. The molecule has 20 heteroatoms. The van der Waals surface area contributed by atoms with Crippen LogP contribution in [0, 0.1) is 11.6 Å². The Morgan fingerprint density at radius 2 is 1.02 bits per heavy atom. The molecule has 14 nitrogen and oxygen atoms in total. The molecule has 6 N–H and O–H groups in total. The molecule has 6 rings (SSSR count). The molecule has 0 unspecified atom stereocenters. The van der Waals surface area contributed by atoms with Crippen molar-refractivity contribution in [1.29, 1.82) is 0 Å². The van der Waals surface area contributed by atoms with Crippen LogP contribution < -0.4 is 9.44 Å². The maximum Gasteiger partial charge on any atom is 0.258 e. The second-order valence-corrected chi connectivity index (χ2v) is 16.4. The summed E-state index contributed by atoms with van der Waals surface area (Å²) in [7, 11) is -8.93. The first-order valence-electron chi connectivity index (χ1n) is 15.5. The lowest BCUT2D eigenvalue weighted by Crippen LogP contribution is -2.31. The lowest BCUT2D eigenvalue weighted by Gasteiger charge is -2.16. The van der Waals surface area contributed by atoms with Gasteiger partial charge < -0.3 is 30.2 Å². The van der Waals surface area contributed by atoms with Gasteiger partial charge in [0.05, 0.1) is 31.0 Å². The molecule has 0 spiro atoms. The number of nitrogens with one attached hydrogen (secondary N) is 2. The van der Waals surface area contributed by atoms with Gasteiger partial charge in [-0.15, -0.1) is 0 Å². The van der Waals surface area contributed by atoms with Crippen molar-refractivity contribution < 1.29 is 55.6 Å². The van der Waals surface area contributed by atoms with Crippen LogP contribution in [0.3, 0.4) is 0 Å². The second kappa shape index (κ2) is 14.3. The van der Waals surface area contributed by atoms with Crippen molar-refractivity contribution in [2.45, 2.75) is 42.4 Å². The first-order valence-corrected chi connectivity index (χ1v) is 19.2. The van der Waals surface area contributed by atoms with Crippen molar-refractivity contribution in [3.63, 3.8) is 0 Å². The highest BCUT2D eigenvalue weighted by Gasteiger charge is 2.39. The number of aromatic hydroxyl groups is 4. The number of rotatable bonds is 12. The van der Waals surface area contributed by atoms with Gasteiger partial charge in [-0.25, -0.2) is 35.1 Å². The number of phenolic OH excluding ortho intramolecular Hbond substituents is 4. The van der Waals surface area contributed by atoms with Crippen molar-refractivity contribution in [1.82, 2.24) is 19.2 Å². The van der Waals surface area contributed by atoms with Crippen molar-refractivity contribution in [3.05, 3.63) is 104 Å². The highest BCUT2D eigenvalue weighted by molar-refractivity contribution is 7.89. The Balaban J connectivity index is 1.12. The molecule has 2 heterocycles. The molecule has 0 saturated heterocycles. The zero-order valence-corrected chi connectivity index (χ0v) is 30.2. The molecule has 0 atom stereocenters. The van der Waals surface area contributed by atoms with E-state index in [4.69, 9.17) is 23.2 Å². The zero-order valence-electron chi connectivity index (χ0n) is 27.0.